The second kappa shape index (κ2) is 5.40. The smallest absolute Gasteiger partial charge is 0.322 e. The largest absolute Gasteiger partial charge is 0.493 e. The van der Waals surface area contributed by atoms with Crippen molar-refractivity contribution in [2.24, 2.45) is 0 Å². The topological polar surface area (TPSA) is 84.9 Å². The molecule has 0 aromatic heterocycles. The van der Waals surface area contributed by atoms with Gasteiger partial charge in [-0.15, -0.1) is 0 Å². The van der Waals surface area contributed by atoms with Crippen LogP contribution in [0.25, 0.3) is 0 Å². The summed E-state index contributed by atoms with van der Waals surface area (Å²) in [5, 5.41) is 11.1. The number of hydrogen-bond donors (Lipinski definition) is 2. The molecule has 1 amide bonds. The van der Waals surface area contributed by atoms with E-state index in [-0.39, 0.29) is 12.5 Å². The first-order valence-corrected chi connectivity index (χ1v) is 6.26. The first kappa shape index (κ1) is 14.2. The fourth-order valence-electron chi connectivity index (χ4n) is 2.23. The summed E-state index contributed by atoms with van der Waals surface area (Å²) >= 11 is 0. The quantitative estimate of drug-likeness (QED) is 0.809. The van der Waals surface area contributed by atoms with Gasteiger partial charge in [-0.05, 0) is 30.5 Å². The van der Waals surface area contributed by atoms with Crippen LogP contribution in [-0.2, 0) is 15.0 Å². The molecule has 0 heterocycles. The minimum Gasteiger partial charge on any atom is -0.493 e. The number of rotatable bonds is 6. The third-order valence-electron chi connectivity index (χ3n) is 3.52. The monoisotopic (exact) mass is 279 g/mol. The van der Waals surface area contributed by atoms with Gasteiger partial charge in [-0.2, -0.15) is 0 Å². The van der Waals surface area contributed by atoms with Gasteiger partial charge < -0.3 is 19.9 Å². The third-order valence-corrected chi connectivity index (χ3v) is 3.52. The Hall–Kier alpha value is -2.24. The van der Waals surface area contributed by atoms with Gasteiger partial charge in [0.15, 0.2) is 11.5 Å². The summed E-state index contributed by atoms with van der Waals surface area (Å²) in [6, 6.07) is 5.33. The van der Waals surface area contributed by atoms with Crippen molar-refractivity contribution in [3.63, 3.8) is 0 Å². The number of benzene rings is 1. The molecule has 1 aromatic carbocycles. The van der Waals surface area contributed by atoms with E-state index < -0.39 is 11.4 Å². The third kappa shape index (κ3) is 2.54. The lowest BCUT2D eigenvalue weighted by atomic mass is 9.94. The van der Waals surface area contributed by atoms with Crippen LogP contribution >= 0.6 is 0 Å². The molecule has 1 fully saturated rings. The average Bonchev–Trinajstić information content (AvgIpc) is 3.25. The molecule has 6 nitrogen and oxygen atoms in total. The van der Waals surface area contributed by atoms with Crippen LogP contribution < -0.4 is 14.8 Å². The maximum Gasteiger partial charge on any atom is 0.322 e. The van der Waals surface area contributed by atoms with Gasteiger partial charge in [0.05, 0.1) is 19.6 Å². The number of carbonyl (C=O) groups excluding carboxylic acids is 1. The Morgan fingerprint density at radius 1 is 1.25 bits per heavy atom. The van der Waals surface area contributed by atoms with Crippen molar-refractivity contribution in [2.75, 3.05) is 20.8 Å². The van der Waals surface area contributed by atoms with Gasteiger partial charge in [0.2, 0.25) is 5.91 Å². The number of nitrogens with one attached hydrogen (secondary N) is 1. The molecule has 0 radical (unpaired) electrons. The molecule has 0 aliphatic heterocycles. The molecule has 0 saturated heterocycles. The molecular weight excluding hydrogens is 262 g/mol. The zero-order valence-electron chi connectivity index (χ0n) is 11.4. The number of aliphatic carboxylic acids is 1. The van der Waals surface area contributed by atoms with Crippen molar-refractivity contribution in [3.8, 4) is 11.5 Å². The molecule has 1 aromatic rings. The molecule has 0 bridgehead atoms. The highest BCUT2D eigenvalue weighted by Crippen LogP contribution is 2.50. The maximum absolute atomic E-state index is 12.1. The number of ether oxygens (including phenoxy) is 2. The van der Waals surface area contributed by atoms with Crippen LogP contribution in [0.5, 0.6) is 11.5 Å². The van der Waals surface area contributed by atoms with E-state index in [1.54, 1.807) is 19.2 Å². The second-order valence-corrected chi connectivity index (χ2v) is 4.73. The van der Waals surface area contributed by atoms with Crippen LogP contribution in [0.1, 0.15) is 18.4 Å². The van der Waals surface area contributed by atoms with E-state index in [1.807, 2.05) is 6.07 Å². The highest BCUT2D eigenvalue weighted by molar-refractivity contribution is 5.93. The predicted molar refractivity (Wildman–Crippen MR) is 71.1 cm³/mol. The van der Waals surface area contributed by atoms with Gasteiger partial charge in [-0.1, -0.05) is 6.07 Å². The van der Waals surface area contributed by atoms with Crippen molar-refractivity contribution in [1.82, 2.24) is 5.32 Å². The Morgan fingerprint density at radius 3 is 2.40 bits per heavy atom. The maximum atomic E-state index is 12.1. The summed E-state index contributed by atoms with van der Waals surface area (Å²) in [4.78, 5) is 22.7. The standard InChI is InChI=1S/C14H17NO5/c1-19-10-4-3-9(7-11(10)20-2)14(5-6-14)13(18)15-8-12(16)17/h3-4,7H,5-6,8H2,1-2H3,(H,15,18)(H,16,17). The zero-order valence-corrected chi connectivity index (χ0v) is 11.4. The fraction of sp³-hybridized carbons (Fsp3) is 0.429. The van der Waals surface area contributed by atoms with Crippen LogP contribution in [0.3, 0.4) is 0 Å². The molecule has 1 aliphatic carbocycles. The van der Waals surface area contributed by atoms with Gasteiger partial charge >= 0.3 is 5.97 Å². The Labute approximate surface area is 116 Å². The van der Waals surface area contributed by atoms with Crippen LogP contribution in [0.4, 0.5) is 0 Å². The van der Waals surface area contributed by atoms with Crippen molar-refractivity contribution in [2.45, 2.75) is 18.3 Å². The van der Waals surface area contributed by atoms with Gasteiger partial charge in [-0.3, -0.25) is 9.59 Å². The highest BCUT2D eigenvalue weighted by atomic mass is 16.5. The van der Waals surface area contributed by atoms with Crippen molar-refractivity contribution in [3.05, 3.63) is 23.8 Å². The van der Waals surface area contributed by atoms with Crippen molar-refractivity contribution in [1.29, 1.82) is 0 Å². The lowest BCUT2D eigenvalue weighted by Crippen LogP contribution is -2.37. The van der Waals surface area contributed by atoms with Crippen molar-refractivity contribution >= 4 is 11.9 Å². The van der Waals surface area contributed by atoms with E-state index in [1.165, 1.54) is 7.11 Å². The molecule has 0 spiro atoms. The Morgan fingerprint density at radius 2 is 1.90 bits per heavy atom. The summed E-state index contributed by atoms with van der Waals surface area (Å²) in [5.74, 6) is -0.158. The molecule has 0 unspecified atom stereocenters. The molecule has 1 aliphatic rings. The van der Waals surface area contributed by atoms with Crippen LogP contribution in [-0.4, -0.2) is 37.7 Å². The lowest BCUT2D eigenvalue weighted by Gasteiger charge is -2.17. The number of carbonyl (C=O) groups is 2. The van der Waals surface area contributed by atoms with E-state index in [9.17, 15) is 9.59 Å². The molecule has 0 atom stereocenters. The number of amides is 1. The van der Waals surface area contributed by atoms with E-state index in [0.29, 0.717) is 24.3 Å². The van der Waals surface area contributed by atoms with Crippen LogP contribution in [0.2, 0.25) is 0 Å². The molecule has 20 heavy (non-hydrogen) atoms. The number of methoxy groups -OCH3 is 2. The van der Waals surface area contributed by atoms with Gasteiger partial charge in [0, 0.05) is 0 Å². The summed E-state index contributed by atoms with van der Waals surface area (Å²) < 4.78 is 10.4. The molecular formula is C14H17NO5. The Bertz CT molecular complexity index is 536. The molecule has 6 heteroatoms. The summed E-state index contributed by atoms with van der Waals surface area (Å²) in [7, 11) is 3.08. The SMILES string of the molecule is COc1ccc(C2(C(=O)NCC(=O)O)CC2)cc1OC. The number of hydrogen-bond acceptors (Lipinski definition) is 4. The zero-order chi connectivity index (χ0) is 14.8. The number of carboxylic acid groups (broad SMARTS) is 1. The van der Waals surface area contributed by atoms with Crippen LogP contribution in [0.15, 0.2) is 18.2 Å². The van der Waals surface area contributed by atoms with Crippen LogP contribution in [0, 0.1) is 0 Å². The highest BCUT2D eigenvalue weighted by Gasteiger charge is 2.51. The van der Waals surface area contributed by atoms with Gasteiger partial charge in [0.1, 0.15) is 6.54 Å². The second-order valence-electron chi connectivity index (χ2n) is 4.73. The molecule has 2 N–H and O–H groups in total. The van der Waals surface area contributed by atoms with E-state index in [2.05, 4.69) is 5.32 Å². The lowest BCUT2D eigenvalue weighted by molar-refractivity contribution is -0.138. The van der Waals surface area contributed by atoms with E-state index in [4.69, 9.17) is 14.6 Å². The average molecular weight is 279 g/mol. The first-order valence-electron chi connectivity index (χ1n) is 6.26. The molecule has 1 saturated carbocycles. The summed E-state index contributed by atoms with van der Waals surface area (Å²) in [6.07, 6.45) is 1.40. The van der Waals surface area contributed by atoms with E-state index >= 15 is 0 Å². The predicted octanol–water partition coefficient (Wildman–Crippen LogP) is 0.936. The Balaban J connectivity index is 2.22. The van der Waals surface area contributed by atoms with Crippen molar-refractivity contribution < 1.29 is 24.2 Å². The molecule has 108 valence electrons. The minimum absolute atomic E-state index is 0.257. The van der Waals surface area contributed by atoms with Gasteiger partial charge in [0.25, 0.3) is 0 Å². The fourth-order valence-corrected chi connectivity index (χ4v) is 2.23. The number of carboxylic acids is 1. The summed E-state index contributed by atoms with van der Waals surface area (Å²) in [6.45, 7) is -0.367. The summed E-state index contributed by atoms with van der Waals surface area (Å²) in [5.41, 5.74) is 0.188. The Kier molecular flexibility index (Phi) is 3.83. The van der Waals surface area contributed by atoms with E-state index in [0.717, 1.165) is 5.56 Å². The normalized spacial score (nSPS) is 15.3. The molecule has 2 rings (SSSR count). The van der Waals surface area contributed by atoms with Gasteiger partial charge in [-0.25, -0.2) is 0 Å². The first-order chi connectivity index (χ1) is 9.53. The minimum atomic E-state index is -1.05.